The summed E-state index contributed by atoms with van der Waals surface area (Å²) in [6, 6.07) is 0. The summed E-state index contributed by atoms with van der Waals surface area (Å²) < 4.78 is 5.28. The van der Waals surface area contributed by atoms with Crippen molar-refractivity contribution in [3.8, 4) is 0 Å². The van der Waals surface area contributed by atoms with Crippen molar-refractivity contribution in [3.63, 3.8) is 0 Å². The van der Waals surface area contributed by atoms with Crippen molar-refractivity contribution in [3.05, 3.63) is 0 Å². The Labute approximate surface area is 91.0 Å². The van der Waals surface area contributed by atoms with Crippen molar-refractivity contribution in [1.29, 1.82) is 0 Å². The van der Waals surface area contributed by atoms with E-state index < -0.39 is 5.60 Å². The van der Waals surface area contributed by atoms with Gasteiger partial charge in [-0.3, -0.25) is 4.79 Å². The Bertz CT molecular complexity index is 226. The summed E-state index contributed by atoms with van der Waals surface area (Å²) >= 11 is 0. The van der Waals surface area contributed by atoms with E-state index in [1.165, 1.54) is 13.8 Å². The van der Waals surface area contributed by atoms with Gasteiger partial charge in [0.15, 0.2) is 0 Å². The third-order valence-corrected chi connectivity index (χ3v) is 2.93. The fourth-order valence-electron chi connectivity index (χ4n) is 1.55. The number of aliphatic hydroxyl groups is 1. The number of rotatable bonds is 3. The van der Waals surface area contributed by atoms with Gasteiger partial charge in [0.05, 0.1) is 0 Å². The third-order valence-electron chi connectivity index (χ3n) is 2.93. The Kier molecular flexibility index (Phi) is 3.73. The van der Waals surface area contributed by atoms with Crippen molar-refractivity contribution in [2.45, 2.75) is 39.2 Å². The van der Waals surface area contributed by atoms with Crippen LogP contribution in [-0.2, 0) is 9.53 Å². The number of hydrogen-bond donors (Lipinski definition) is 2. The minimum atomic E-state index is -1.29. The summed E-state index contributed by atoms with van der Waals surface area (Å²) in [5.74, 6) is -0.310. The number of carbonyl (C=O) groups is 1. The highest BCUT2D eigenvalue weighted by molar-refractivity contribution is 5.83. The normalized spacial score (nSPS) is 21.1. The highest BCUT2D eigenvalue weighted by Crippen LogP contribution is 2.28. The van der Waals surface area contributed by atoms with Gasteiger partial charge < -0.3 is 15.2 Å². The van der Waals surface area contributed by atoms with Gasteiger partial charge in [0.25, 0.3) is 5.91 Å². The summed E-state index contributed by atoms with van der Waals surface area (Å²) in [5, 5.41) is 12.3. The minimum Gasteiger partial charge on any atom is -0.381 e. The number of amides is 1. The van der Waals surface area contributed by atoms with Gasteiger partial charge in [0.2, 0.25) is 0 Å². The maximum absolute atomic E-state index is 11.5. The number of nitrogens with one attached hydrogen (secondary N) is 1. The largest absolute Gasteiger partial charge is 0.381 e. The van der Waals surface area contributed by atoms with Crippen LogP contribution in [-0.4, -0.2) is 36.4 Å². The Balaban J connectivity index is 2.38. The van der Waals surface area contributed by atoms with E-state index >= 15 is 0 Å². The van der Waals surface area contributed by atoms with E-state index in [-0.39, 0.29) is 11.3 Å². The Morgan fingerprint density at radius 1 is 1.47 bits per heavy atom. The number of ether oxygens (including phenoxy) is 1. The van der Waals surface area contributed by atoms with Gasteiger partial charge in [0.1, 0.15) is 5.60 Å². The molecule has 0 aromatic heterocycles. The second kappa shape index (κ2) is 4.49. The lowest BCUT2D eigenvalue weighted by Gasteiger charge is -2.34. The average molecular weight is 215 g/mol. The molecule has 1 fully saturated rings. The van der Waals surface area contributed by atoms with Gasteiger partial charge in [-0.05, 0) is 32.1 Å². The van der Waals surface area contributed by atoms with Gasteiger partial charge >= 0.3 is 0 Å². The molecule has 0 bridgehead atoms. The highest BCUT2D eigenvalue weighted by Gasteiger charge is 2.30. The molecule has 0 radical (unpaired) electrons. The summed E-state index contributed by atoms with van der Waals surface area (Å²) in [6.07, 6.45) is 1.91. The Hall–Kier alpha value is -0.610. The zero-order valence-corrected chi connectivity index (χ0v) is 9.80. The third kappa shape index (κ3) is 3.80. The molecule has 0 aromatic carbocycles. The van der Waals surface area contributed by atoms with Crippen molar-refractivity contribution < 1.29 is 14.6 Å². The second-order valence-corrected chi connectivity index (χ2v) is 5.16. The molecule has 0 unspecified atom stereocenters. The molecule has 1 rings (SSSR count). The van der Waals surface area contributed by atoms with Gasteiger partial charge in [-0.2, -0.15) is 0 Å². The summed E-state index contributed by atoms with van der Waals surface area (Å²) in [7, 11) is 0. The SMILES string of the molecule is CC1(CNC(=O)C(C)(C)O)CCOCC1. The fourth-order valence-corrected chi connectivity index (χ4v) is 1.55. The molecule has 1 heterocycles. The van der Waals surface area contributed by atoms with Crippen molar-refractivity contribution in [2.75, 3.05) is 19.8 Å². The summed E-state index contributed by atoms with van der Waals surface area (Å²) in [4.78, 5) is 11.5. The molecule has 0 aromatic rings. The van der Waals surface area contributed by atoms with Crippen molar-refractivity contribution in [2.24, 2.45) is 5.41 Å². The number of carbonyl (C=O) groups excluding carboxylic acids is 1. The zero-order chi connectivity index (χ0) is 11.5. The lowest BCUT2D eigenvalue weighted by Crippen LogP contribution is -2.47. The monoisotopic (exact) mass is 215 g/mol. The van der Waals surface area contributed by atoms with Crippen LogP contribution in [0.5, 0.6) is 0 Å². The standard InChI is InChI=1S/C11H21NO3/c1-10(2,14)9(13)12-8-11(3)4-6-15-7-5-11/h14H,4-8H2,1-3H3,(H,12,13). The first-order valence-electron chi connectivity index (χ1n) is 5.42. The smallest absolute Gasteiger partial charge is 0.251 e. The zero-order valence-electron chi connectivity index (χ0n) is 9.80. The van der Waals surface area contributed by atoms with Gasteiger partial charge in [-0.1, -0.05) is 6.92 Å². The molecule has 88 valence electrons. The van der Waals surface area contributed by atoms with Crippen LogP contribution in [0.1, 0.15) is 33.6 Å². The molecule has 1 aliphatic rings. The first-order chi connectivity index (χ1) is 6.83. The molecule has 1 saturated heterocycles. The molecular weight excluding hydrogens is 194 g/mol. The van der Waals surface area contributed by atoms with E-state index in [0.29, 0.717) is 6.54 Å². The summed E-state index contributed by atoms with van der Waals surface area (Å²) in [6.45, 7) is 7.26. The number of hydrogen-bond acceptors (Lipinski definition) is 3. The molecule has 0 aliphatic carbocycles. The lowest BCUT2D eigenvalue weighted by atomic mass is 9.82. The quantitative estimate of drug-likeness (QED) is 0.728. The van der Waals surface area contributed by atoms with Crippen LogP contribution in [0.15, 0.2) is 0 Å². The van der Waals surface area contributed by atoms with Crippen LogP contribution < -0.4 is 5.32 Å². The van der Waals surface area contributed by atoms with Crippen molar-refractivity contribution >= 4 is 5.91 Å². The summed E-state index contributed by atoms with van der Waals surface area (Å²) in [5.41, 5.74) is -1.18. The molecule has 0 spiro atoms. The average Bonchev–Trinajstić information content (AvgIpc) is 2.14. The Morgan fingerprint density at radius 3 is 2.47 bits per heavy atom. The van der Waals surface area contributed by atoms with Gasteiger partial charge in [0, 0.05) is 19.8 Å². The van der Waals surface area contributed by atoms with Crippen LogP contribution in [0.3, 0.4) is 0 Å². The first kappa shape index (κ1) is 12.5. The molecule has 4 nitrogen and oxygen atoms in total. The van der Waals surface area contributed by atoms with Crippen LogP contribution >= 0.6 is 0 Å². The van der Waals surface area contributed by atoms with E-state index in [9.17, 15) is 9.90 Å². The van der Waals surface area contributed by atoms with E-state index in [4.69, 9.17) is 4.74 Å². The minimum absolute atomic E-state index is 0.110. The van der Waals surface area contributed by atoms with E-state index in [0.717, 1.165) is 26.1 Å². The fraction of sp³-hybridized carbons (Fsp3) is 0.909. The first-order valence-corrected chi connectivity index (χ1v) is 5.42. The highest BCUT2D eigenvalue weighted by atomic mass is 16.5. The van der Waals surface area contributed by atoms with Gasteiger partial charge in [-0.25, -0.2) is 0 Å². The molecule has 0 atom stereocenters. The lowest BCUT2D eigenvalue weighted by molar-refractivity contribution is -0.137. The van der Waals surface area contributed by atoms with Gasteiger partial charge in [-0.15, -0.1) is 0 Å². The predicted molar refractivity (Wildman–Crippen MR) is 57.5 cm³/mol. The molecule has 1 amide bonds. The molecule has 0 saturated carbocycles. The molecule has 2 N–H and O–H groups in total. The van der Waals surface area contributed by atoms with Crippen LogP contribution in [0.25, 0.3) is 0 Å². The van der Waals surface area contributed by atoms with Crippen LogP contribution in [0, 0.1) is 5.41 Å². The maximum Gasteiger partial charge on any atom is 0.251 e. The van der Waals surface area contributed by atoms with E-state index in [1.54, 1.807) is 0 Å². The Morgan fingerprint density at radius 2 is 2.00 bits per heavy atom. The molecular formula is C11H21NO3. The van der Waals surface area contributed by atoms with Crippen LogP contribution in [0.2, 0.25) is 0 Å². The molecule has 4 heteroatoms. The maximum atomic E-state index is 11.5. The predicted octanol–water partition coefficient (Wildman–Crippen LogP) is 0.690. The van der Waals surface area contributed by atoms with Crippen molar-refractivity contribution in [1.82, 2.24) is 5.32 Å². The molecule has 15 heavy (non-hydrogen) atoms. The van der Waals surface area contributed by atoms with E-state index in [1.807, 2.05) is 0 Å². The topological polar surface area (TPSA) is 58.6 Å². The van der Waals surface area contributed by atoms with Crippen LogP contribution in [0.4, 0.5) is 0 Å². The van der Waals surface area contributed by atoms with E-state index in [2.05, 4.69) is 12.2 Å². The second-order valence-electron chi connectivity index (χ2n) is 5.16. The molecule has 1 aliphatic heterocycles.